The minimum Gasteiger partial charge on any atom is -0.441 e. The summed E-state index contributed by atoms with van der Waals surface area (Å²) in [6.45, 7) is 0. The molecular weight excluding hydrogens is 303 g/mol. The fourth-order valence-electron chi connectivity index (χ4n) is 2.58. The summed E-state index contributed by atoms with van der Waals surface area (Å²) in [5, 5.41) is 4.75. The Morgan fingerprint density at radius 3 is 1.39 bits per heavy atom. The number of hydrogen-bond donors (Lipinski definition) is 0. The van der Waals surface area contributed by atoms with Gasteiger partial charge in [-0.2, -0.15) is 0 Å². The van der Waals surface area contributed by atoms with Crippen molar-refractivity contribution in [2.75, 3.05) is 0 Å². The van der Waals surface area contributed by atoms with Crippen LogP contribution >= 0.6 is 9.03 Å². The molecule has 0 aliphatic carbocycles. The van der Waals surface area contributed by atoms with Crippen molar-refractivity contribution in [1.29, 1.82) is 0 Å². The van der Waals surface area contributed by atoms with Gasteiger partial charge < -0.3 is 9.05 Å². The third kappa shape index (κ3) is 3.13. The summed E-state index contributed by atoms with van der Waals surface area (Å²) in [5.74, 6) is 1.64. The molecule has 0 radical (unpaired) electrons. The van der Waals surface area contributed by atoms with E-state index in [1.165, 1.54) is 21.5 Å². The minimum atomic E-state index is -0.0707. The van der Waals surface area contributed by atoms with Crippen LogP contribution in [0.5, 0.6) is 11.5 Å². The molecule has 0 aliphatic rings. The lowest BCUT2D eigenvalue weighted by molar-refractivity contribution is 0.517. The normalized spacial score (nSPS) is 10.8. The lowest BCUT2D eigenvalue weighted by Gasteiger charge is -2.08. The van der Waals surface area contributed by atoms with E-state index in [4.69, 9.17) is 9.05 Å². The molecule has 112 valence electrons. The second kappa shape index (κ2) is 6.28. The number of benzene rings is 4. The van der Waals surface area contributed by atoms with E-state index < -0.39 is 0 Å². The maximum absolute atomic E-state index is 5.74. The second-order valence-corrected chi connectivity index (χ2v) is 5.88. The van der Waals surface area contributed by atoms with Gasteiger partial charge in [0, 0.05) is 0 Å². The molecule has 4 aromatic carbocycles. The first-order valence-electron chi connectivity index (χ1n) is 7.45. The van der Waals surface area contributed by atoms with Gasteiger partial charge in [0.2, 0.25) is 0 Å². The van der Waals surface area contributed by atoms with Crippen LogP contribution in [0.25, 0.3) is 21.5 Å². The molecule has 4 rings (SSSR count). The van der Waals surface area contributed by atoms with Gasteiger partial charge >= 0.3 is 0 Å². The predicted molar refractivity (Wildman–Crippen MR) is 97.5 cm³/mol. The Labute approximate surface area is 136 Å². The van der Waals surface area contributed by atoms with Crippen molar-refractivity contribution in [3.05, 3.63) is 84.9 Å². The smallest absolute Gasteiger partial charge is 0.275 e. The van der Waals surface area contributed by atoms with E-state index in [9.17, 15) is 0 Å². The predicted octanol–water partition coefficient (Wildman–Crippen LogP) is 5.96. The number of hydrogen-bond acceptors (Lipinski definition) is 2. The number of rotatable bonds is 4. The van der Waals surface area contributed by atoms with E-state index in [1.54, 1.807) is 0 Å². The van der Waals surface area contributed by atoms with Crippen LogP contribution in [-0.2, 0) is 0 Å². The molecule has 0 fully saturated rings. The van der Waals surface area contributed by atoms with E-state index in [1.807, 2.05) is 48.5 Å². The summed E-state index contributed by atoms with van der Waals surface area (Å²) in [7, 11) is -0.0707. The van der Waals surface area contributed by atoms with Crippen LogP contribution in [0.15, 0.2) is 84.9 Å². The maximum atomic E-state index is 5.74. The van der Waals surface area contributed by atoms with Gasteiger partial charge in [0.05, 0.1) is 0 Å². The molecule has 3 heteroatoms. The Kier molecular flexibility index (Phi) is 3.83. The van der Waals surface area contributed by atoms with Gasteiger partial charge in [-0.25, -0.2) is 0 Å². The lowest BCUT2D eigenvalue weighted by atomic mass is 10.1. The van der Waals surface area contributed by atoms with Crippen molar-refractivity contribution >= 4 is 30.6 Å². The van der Waals surface area contributed by atoms with Crippen molar-refractivity contribution in [3.63, 3.8) is 0 Å². The van der Waals surface area contributed by atoms with Gasteiger partial charge in [-0.3, -0.25) is 0 Å². The summed E-state index contributed by atoms with van der Waals surface area (Å²) < 4.78 is 11.5. The summed E-state index contributed by atoms with van der Waals surface area (Å²) in [6.07, 6.45) is 0. The topological polar surface area (TPSA) is 18.5 Å². The van der Waals surface area contributed by atoms with Crippen LogP contribution < -0.4 is 9.05 Å². The fourth-order valence-corrected chi connectivity index (χ4v) is 3.07. The lowest BCUT2D eigenvalue weighted by Crippen LogP contribution is -1.85. The molecule has 0 unspecified atom stereocenters. The van der Waals surface area contributed by atoms with Crippen molar-refractivity contribution in [3.8, 4) is 11.5 Å². The number of fused-ring (bicyclic) bond motifs is 2. The Hall–Kier alpha value is -2.57. The van der Waals surface area contributed by atoms with Crippen LogP contribution in [-0.4, -0.2) is 0 Å². The Balaban J connectivity index is 1.45. The molecule has 0 aliphatic heterocycles. The molecule has 23 heavy (non-hydrogen) atoms. The first-order valence-corrected chi connectivity index (χ1v) is 8.26. The highest BCUT2D eigenvalue weighted by atomic mass is 31.1. The van der Waals surface area contributed by atoms with Crippen molar-refractivity contribution in [2.45, 2.75) is 0 Å². The fraction of sp³-hybridized carbons (Fsp3) is 0. The molecule has 0 bridgehead atoms. The average molecular weight is 318 g/mol. The molecule has 2 nitrogen and oxygen atoms in total. The van der Waals surface area contributed by atoms with E-state index >= 15 is 0 Å². The van der Waals surface area contributed by atoms with Gasteiger partial charge in [0.1, 0.15) is 11.5 Å². The van der Waals surface area contributed by atoms with Crippen LogP contribution in [0.1, 0.15) is 0 Å². The minimum absolute atomic E-state index is 0.0707. The first-order chi connectivity index (χ1) is 11.4. The third-order valence-corrected chi connectivity index (χ3v) is 4.40. The van der Waals surface area contributed by atoms with E-state index in [0.29, 0.717) is 0 Å². The Bertz CT molecular complexity index is 886. The largest absolute Gasteiger partial charge is 0.441 e. The van der Waals surface area contributed by atoms with Crippen LogP contribution in [0.3, 0.4) is 0 Å². The molecule has 0 aromatic heterocycles. The molecule has 0 heterocycles. The molecule has 0 saturated heterocycles. The van der Waals surface area contributed by atoms with Gasteiger partial charge in [-0.05, 0) is 45.8 Å². The molecule has 0 N–H and O–H groups in total. The van der Waals surface area contributed by atoms with Crippen LogP contribution in [0.4, 0.5) is 0 Å². The Morgan fingerprint density at radius 1 is 0.478 bits per heavy atom. The van der Waals surface area contributed by atoms with Gasteiger partial charge in [-0.15, -0.1) is 0 Å². The average Bonchev–Trinajstić information content (AvgIpc) is 2.61. The Morgan fingerprint density at radius 2 is 0.913 bits per heavy atom. The van der Waals surface area contributed by atoms with Crippen LogP contribution in [0.2, 0.25) is 0 Å². The van der Waals surface area contributed by atoms with Gasteiger partial charge in [0.25, 0.3) is 9.03 Å². The zero-order valence-electron chi connectivity index (χ0n) is 12.4. The van der Waals surface area contributed by atoms with E-state index in [2.05, 4.69) is 36.4 Å². The standard InChI is InChI=1S/C20H15O2P/c1-3-7-17-13-19(11-9-15(17)5-1)21-23-22-20-12-10-16-6-2-4-8-18(16)14-20/h1-14,23H. The third-order valence-electron chi connectivity index (χ3n) is 3.76. The van der Waals surface area contributed by atoms with E-state index in [0.717, 1.165) is 11.5 Å². The zero-order valence-corrected chi connectivity index (χ0v) is 13.4. The van der Waals surface area contributed by atoms with Crippen molar-refractivity contribution in [1.82, 2.24) is 0 Å². The van der Waals surface area contributed by atoms with Gasteiger partial charge in [-0.1, -0.05) is 60.7 Å². The highest BCUT2D eigenvalue weighted by molar-refractivity contribution is 7.27. The molecular formula is C20H15O2P. The van der Waals surface area contributed by atoms with E-state index in [-0.39, 0.29) is 9.03 Å². The maximum Gasteiger partial charge on any atom is 0.275 e. The molecule has 0 spiro atoms. The summed E-state index contributed by atoms with van der Waals surface area (Å²) in [6, 6.07) is 28.6. The molecule has 4 aromatic rings. The first kappa shape index (κ1) is 14.0. The quantitative estimate of drug-likeness (QED) is 0.432. The molecule has 0 saturated carbocycles. The summed E-state index contributed by atoms with van der Waals surface area (Å²) in [5.41, 5.74) is 0. The molecule has 0 atom stereocenters. The molecule has 0 amide bonds. The second-order valence-electron chi connectivity index (χ2n) is 5.31. The van der Waals surface area contributed by atoms with Crippen LogP contribution in [0, 0.1) is 0 Å². The highest BCUT2D eigenvalue weighted by Gasteiger charge is 2.00. The monoisotopic (exact) mass is 318 g/mol. The SMILES string of the molecule is c1ccc2cc(OPOc3ccc4ccccc4c3)ccc2c1. The van der Waals surface area contributed by atoms with Crippen molar-refractivity contribution < 1.29 is 9.05 Å². The van der Waals surface area contributed by atoms with Gasteiger partial charge in [0.15, 0.2) is 0 Å². The summed E-state index contributed by atoms with van der Waals surface area (Å²) in [4.78, 5) is 0. The summed E-state index contributed by atoms with van der Waals surface area (Å²) >= 11 is 0. The zero-order chi connectivity index (χ0) is 15.5. The van der Waals surface area contributed by atoms with Crippen molar-refractivity contribution in [2.24, 2.45) is 0 Å². The highest BCUT2D eigenvalue weighted by Crippen LogP contribution is 2.29.